The van der Waals surface area contributed by atoms with Gasteiger partial charge in [0.15, 0.2) is 0 Å². The van der Waals surface area contributed by atoms with Crippen molar-refractivity contribution in [1.29, 1.82) is 0 Å². The number of thiophene rings is 1. The largest absolute Gasteiger partial charge is 0.392 e. The number of likely N-dealkylation sites (N-methyl/N-ethyl adjacent to an activating group) is 1. The molecule has 2 heterocycles. The van der Waals surface area contributed by atoms with Crippen molar-refractivity contribution in [2.45, 2.75) is 31.1 Å². The summed E-state index contributed by atoms with van der Waals surface area (Å²) in [5.41, 5.74) is 2.97. The Morgan fingerprint density at radius 3 is 2.46 bits per heavy atom. The Labute approximate surface area is 168 Å². The van der Waals surface area contributed by atoms with Crippen LogP contribution in [-0.4, -0.2) is 34.1 Å². The van der Waals surface area contributed by atoms with E-state index in [0.29, 0.717) is 6.42 Å². The summed E-state index contributed by atoms with van der Waals surface area (Å²) in [6, 6.07) is 21.4. The van der Waals surface area contributed by atoms with E-state index in [1.807, 2.05) is 54.6 Å². The van der Waals surface area contributed by atoms with Gasteiger partial charge in [-0.05, 0) is 28.8 Å². The zero-order chi connectivity index (χ0) is 19.7. The van der Waals surface area contributed by atoms with E-state index in [1.165, 1.54) is 0 Å². The first-order valence-electron chi connectivity index (χ1n) is 9.37. The average molecular weight is 394 g/mol. The summed E-state index contributed by atoms with van der Waals surface area (Å²) in [4.78, 5) is 16.1. The van der Waals surface area contributed by atoms with E-state index < -0.39 is 6.10 Å². The Balaban J connectivity index is 1.63. The van der Waals surface area contributed by atoms with Crippen LogP contribution in [0.15, 0.2) is 66.7 Å². The van der Waals surface area contributed by atoms with Gasteiger partial charge in [0.1, 0.15) is 6.10 Å². The summed E-state index contributed by atoms with van der Waals surface area (Å²) in [5.74, 6) is -0.0392. The number of hydrogen-bond acceptors (Lipinski definition) is 4. The molecule has 1 saturated heterocycles. The Hall–Kier alpha value is -2.47. The lowest BCUT2D eigenvalue weighted by Gasteiger charge is -2.29. The lowest BCUT2D eigenvalue weighted by molar-refractivity contribution is -0.128. The Bertz CT molecular complexity index is 951. The maximum atomic E-state index is 12.4. The molecule has 3 atom stereocenters. The van der Waals surface area contributed by atoms with E-state index in [1.54, 1.807) is 23.3 Å². The molecule has 0 aliphatic carbocycles. The summed E-state index contributed by atoms with van der Waals surface area (Å²) in [6.07, 6.45) is -0.366. The molecular weight excluding hydrogens is 370 g/mol. The van der Waals surface area contributed by atoms with Crippen molar-refractivity contribution < 1.29 is 15.0 Å². The maximum Gasteiger partial charge on any atom is 0.223 e. The van der Waals surface area contributed by atoms with E-state index in [0.717, 1.165) is 26.4 Å². The van der Waals surface area contributed by atoms with Gasteiger partial charge in [0.25, 0.3) is 0 Å². The highest BCUT2D eigenvalue weighted by molar-refractivity contribution is 7.15. The number of benzene rings is 2. The fraction of sp³-hybridized carbons (Fsp3) is 0.261. The lowest BCUT2D eigenvalue weighted by atomic mass is 9.87. The molecule has 3 aromatic rings. The van der Waals surface area contributed by atoms with Gasteiger partial charge in [0, 0.05) is 29.1 Å². The number of likely N-dealkylation sites (tertiary alicyclic amines) is 1. The summed E-state index contributed by atoms with van der Waals surface area (Å²) in [6.45, 7) is -0.00666. The van der Waals surface area contributed by atoms with Crippen molar-refractivity contribution in [3.05, 3.63) is 82.7 Å². The number of carbonyl (C=O) groups excluding carboxylic acids is 1. The standard InChI is InChI=1S/C23H23NO3S/c1-24-21(26)13-18(16-9-7-15(14-25)8-10-16)22(24)23(27)20-12-11-19(28-20)17-5-3-2-4-6-17/h2-12,18,22-23,25,27H,13-14H2,1H3/t18-,22-,23-/m1/s1. The summed E-state index contributed by atoms with van der Waals surface area (Å²) < 4.78 is 0. The number of aliphatic hydroxyl groups excluding tert-OH is 2. The monoisotopic (exact) mass is 393 g/mol. The third-order valence-corrected chi connectivity index (χ3v) is 6.74. The van der Waals surface area contributed by atoms with Crippen molar-refractivity contribution in [3.63, 3.8) is 0 Å². The molecule has 4 nitrogen and oxygen atoms in total. The molecule has 2 aromatic carbocycles. The van der Waals surface area contributed by atoms with Crippen LogP contribution >= 0.6 is 11.3 Å². The second kappa shape index (κ2) is 7.87. The molecule has 0 bridgehead atoms. The van der Waals surface area contributed by atoms with Crippen molar-refractivity contribution in [2.24, 2.45) is 0 Å². The quantitative estimate of drug-likeness (QED) is 0.690. The molecule has 1 amide bonds. The van der Waals surface area contributed by atoms with Crippen LogP contribution in [0.2, 0.25) is 0 Å². The highest BCUT2D eigenvalue weighted by Crippen LogP contribution is 2.42. The topological polar surface area (TPSA) is 60.8 Å². The molecule has 1 aliphatic heterocycles. The van der Waals surface area contributed by atoms with Crippen LogP contribution in [-0.2, 0) is 11.4 Å². The Kier molecular flexibility index (Phi) is 5.31. The SMILES string of the molecule is CN1C(=O)C[C@H](c2ccc(CO)cc2)[C@@H]1[C@H](O)c1ccc(-c2ccccc2)s1. The highest BCUT2D eigenvalue weighted by Gasteiger charge is 2.43. The van der Waals surface area contributed by atoms with Crippen molar-refractivity contribution in [3.8, 4) is 10.4 Å². The number of hydrogen-bond donors (Lipinski definition) is 2. The minimum Gasteiger partial charge on any atom is -0.392 e. The third-order valence-electron chi connectivity index (χ3n) is 5.54. The molecule has 2 N–H and O–H groups in total. The van der Waals surface area contributed by atoms with Gasteiger partial charge in [-0.25, -0.2) is 0 Å². The molecule has 0 spiro atoms. The van der Waals surface area contributed by atoms with Crippen molar-refractivity contribution in [2.75, 3.05) is 7.05 Å². The normalized spacial score (nSPS) is 20.5. The van der Waals surface area contributed by atoms with Crippen molar-refractivity contribution in [1.82, 2.24) is 4.90 Å². The Morgan fingerprint density at radius 1 is 1.07 bits per heavy atom. The second-order valence-corrected chi connectivity index (χ2v) is 8.33. The molecule has 144 valence electrons. The minimum atomic E-state index is -0.749. The molecule has 0 saturated carbocycles. The zero-order valence-corrected chi connectivity index (χ0v) is 16.5. The zero-order valence-electron chi connectivity index (χ0n) is 15.7. The van der Waals surface area contributed by atoms with Crippen molar-refractivity contribution >= 4 is 17.2 Å². The fourth-order valence-corrected chi connectivity index (χ4v) is 4.98. The van der Waals surface area contributed by atoms with E-state index in [2.05, 4.69) is 12.1 Å². The molecule has 1 fully saturated rings. The molecule has 4 rings (SSSR count). The second-order valence-electron chi connectivity index (χ2n) is 7.22. The van der Waals surface area contributed by atoms with Gasteiger partial charge in [-0.1, -0.05) is 54.6 Å². The van der Waals surface area contributed by atoms with Crippen LogP contribution in [0.4, 0.5) is 0 Å². The Morgan fingerprint density at radius 2 is 1.79 bits per heavy atom. The molecular formula is C23H23NO3S. The molecule has 0 unspecified atom stereocenters. The van der Waals surface area contributed by atoms with Crippen LogP contribution in [0.5, 0.6) is 0 Å². The van der Waals surface area contributed by atoms with Gasteiger partial charge in [0.2, 0.25) is 5.91 Å². The molecule has 5 heteroatoms. The predicted octanol–water partition coefficient (Wildman–Crippen LogP) is 3.96. The van der Waals surface area contributed by atoms with E-state index >= 15 is 0 Å². The third kappa shape index (κ3) is 3.49. The predicted molar refractivity (Wildman–Crippen MR) is 111 cm³/mol. The summed E-state index contributed by atoms with van der Waals surface area (Å²) in [7, 11) is 1.77. The summed E-state index contributed by atoms with van der Waals surface area (Å²) in [5, 5.41) is 20.4. The van der Waals surface area contributed by atoms with Gasteiger partial charge in [-0.15, -0.1) is 11.3 Å². The number of carbonyl (C=O) groups is 1. The van der Waals surface area contributed by atoms with E-state index in [4.69, 9.17) is 0 Å². The van der Waals surface area contributed by atoms with Crippen LogP contribution in [0.3, 0.4) is 0 Å². The van der Waals surface area contributed by atoms with E-state index in [-0.39, 0.29) is 24.5 Å². The maximum absolute atomic E-state index is 12.4. The average Bonchev–Trinajstić information content (AvgIpc) is 3.34. The van der Waals surface area contributed by atoms with Crippen LogP contribution in [0.25, 0.3) is 10.4 Å². The van der Waals surface area contributed by atoms with E-state index in [9.17, 15) is 15.0 Å². The molecule has 1 aromatic heterocycles. The number of rotatable bonds is 5. The number of nitrogens with zero attached hydrogens (tertiary/aromatic N) is 1. The highest BCUT2D eigenvalue weighted by atomic mass is 32.1. The lowest BCUT2D eigenvalue weighted by Crippen LogP contribution is -2.36. The van der Waals surface area contributed by atoms with Crippen LogP contribution in [0.1, 0.15) is 34.4 Å². The summed E-state index contributed by atoms with van der Waals surface area (Å²) >= 11 is 1.57. The minimum absolute atomic E-state index is 0.00666. The number of amides is 1. The van der Waals surface area contributed by atoms with Gasteiger partial charge in [-0.3, -0.25) is 4.79 Å². The van der Waals surface area contributed by atoms with Crippen LogP contribution in [0, 0.1) is 0 Å². The van der Waals surface area contributed by atoms with Gasteiger partial charge < -0.3 is 15.1 Å². The van der Waals surface area contributed by atoms with Crippen LogP contribution < -0.4 is 0 Å². The first-order valence-corrected chi connectivity index (χ1v) is 10.2. The number of aliphatic hydroxyl groups is 2. The fourth-order valence-electron chi connectivity index (χ4n) is 3.94. The van der Waals surface area contributed by atoms with Gasteiger partial charge >= 0.3 is 0 Å². The molecule has 1 aliphatic rings. The molecule has 0 radical (unpaired) electrons. The smallest absolute Gasteiger partial charge is 0.223 e. The van der Waals surface area contributed by atoms with Gasteiger partial charge in [-0.2, -0.15) is 0 Å². The first-order chi connectivity index (χ1) is 13.6. The van der Waals surface area contributed by atoms with Gasteiger partial charge in [0.05, 0.1) is 12.6 Å². The molecule has 28 heavy (non-hydrogen) atoms. The first kappa shape index (κ1) is 18.9.